The molecule has 1 amide bonds. The molecule has 2 heteroatoms. The van der Waals surface area contributed by atoms with Gasteiger partial charge in [-0.2, -0.15) is 0 Å². The number of amides is 1. The number of hydrogen-bond acceptors (Lipinski definition) is 1. The second kappa shape index (κ2) is 7.10. The summed E-state index contributed by atoms with van der Waals surface area (Å²) in [6.45, 7) is 4.07. The van der Waals surface area contributed by atoms with Gasteiger partial charge in [0, 0.05) is 12.1 Å². The van der Waals surface area contributed by atoms with Gasteiger partial charge in [0.05, 0.1) is 0 Å². The Morgan fingerprint density at radius 1 is 1.00 bits per heavy atom. The molecule has 2 rings (SSSR count). The molecule has 1 N–H and O–H groups in total. The third kappa shape index (κ3) is 3.69. The van der Waals surface area contributed by atoms with Gasteiger partial charge >= 0.3 is 0 Å². The van der Waals surface area contributed by atoms with Crippen molar-refractivity contribution < 1.29 is 4.79 Å². The highest BCUT2D eigenvalue weighted by atomic mass is 16.1. The zero-order chi connectivity index (χ0) is 14.2. The summed E-state index contributed by atoms with van der Waals surface area (Å²) in [4.78, 5) is 12.3. The topological polar surface area (TPSA) is 29.1 Å². The molecule has 2 nitrogen and oxygen atoms in total. The van der Waals surface area contributed by atoms with Crippen LogP contribution in [0.4, 0.5) is 0 Å². The lowest BCUT2D eigenvalue weighted by Crippen LogP contribution is -2.24. The number of benzene rings is 2. The fourth-order valence-electron chi connectivity index (χ4n) is 1.87. The van der Waals surface area contributed by atoms with Crippen LogP contribution in [-0.4, -0.2) is 12.5 Å². The third-order valence-corrected chi connectivity index (χ3v) is 2.85. The van der Waals surface area contributed by atoms with E-state index < -0.39 is 0 Å². The average Bonchev–Trinajstić information content (AvgIpc) is 2.52. The Labute approximate surface area is 119 Å². The smallest absolute Gasteiger partial charge is 0.252 e. The van der Waals surface area contributed by atoms with Gasteiger partial charge < -0.3 is 5.32 Å². The van der Waals surface area contributed by atoms with Crippen LogP contribution in [0.2, 0.25) is 0 Å². The lowest BCUT2D eigenvalue weighted by atomic mass is 10.0. The van der Waals surface area contributed by atoms with Crippen LogP contribution in [0.5, 0.6) is 0 Å². The summed E-state index contributed by atoms with van der Waals surface area (Å²) >= 11 is 0. The van der Waals surface area contributed by atoms with E-state index in [0.29, 0.717) is 12.1 Å². The average molecular weight is 263 g/mol. The van der Waals surface area contributed by atoms with E-state index in [1.165, 1.54) is 0 Å². The Kier molecular flexibility index (Phi) is 4.90. The van der Waals surface area contributed by atoms with Gasteiger partial charge in [0.1, 0.15) is 0 Å². The first-order valence-electron chi connectivity index (χ1n) is 6.52. The zero-order valence-corrected chi connectivity index (χ0v) is 11.3. The summed E-state index contributed by atoms with van der Waals surface area (Å²) in [5.41, 5.74) is 2.55. The molecule has 0 radical (unpaired) electrons. The Balaban J connectivity index is 2.37. The predicted molar refractivity (Wildman–Crippen MR) is 84.0 cm³/mol. The van der Waals surface area contributed by atoms with E-state index in [1.807, 2.05) is 66.7 Å². The van der Waals surface area contributed by atoms with Crippen LogP contribution in [0.3, 0.4) is 0 Å². The van der Waals surface area contributed by atoms with Gasteiger partial charge in [0.2, 0.25) is 0 Å². The van der Waals surface area contributed by atoms with Gasteiger partial charge in [-0.25, -0.2) is 0 Å². The van der Waals surface area contributed by atoms with Gasteiger partial charge in [0.15, 0.2) is 0 Å². The Morgan fingerprint density at radius 3 is 2.20 bits per heavy atom. The van der Waals surface area contributed by atoms with Gasteiger partial charge in [0.25, 0.3) is 5.91 Å². The minimum Gasteiger partial charge on any atom is -0.349 e. The number of nitrogens with one attached hydrogen (secondary N) is 1. The zero-order valence-electron chi connectivity index (χ0n) is 11.3. The van der Waals surface area contributed by atoms with Crippen molar-refractivity contribution in [1.29, 1.82) is 0 Å². The fourth-order valence-corrected chi connectivity index (χ4v) is 1.87. The van der Waals surface area contributed by atoms with E-state index in [1.54, 1.807) is 6.08 Å². The molecule has 0 aromatic heterocycles. The Hall–Kier alpha value is -2.61. The van der Waals surface area contributed by atoms with Gasteiger partial charge in [-0.1, -0.05) is 66.7 Å². The van der Waals surface area contributed by atoms with Crippen LogP contribution in [0.15, 0.2) is 73.3 Å². The van der Waals surface area contributed by atoms with Crippen LogP contribution in [0.25, 0.3) is 11.6 Å². The van der Waals surface area contributed by atoms with E-state index in [0.717, 1.165) is 11.1 Å². The number of rotatable bonds is 5. The SMILES string of the molecule is C=CCNC(=O)C(=Cc1ccccc1)c1ccccc1. The molecular formula is C18H17NO. The molecule has 0 bridgehead atoms. The quantitative estimate of drug-likeness (QED) is 0.499. The van der Waals surface area contributed by atoms with Crippen molar-refractivity contribution >= 4 is 17.6 Å². The summed E-state index contributed by atoms with van der Waals surface area (Å²) in [7, 11) is 0. The van der Waals surface area contributed by atoms with Crippen molar-refractivity contribution in [3.8, 4) is 0 Å². The maximum Gasteiger partial charge on any atom is 0.252 e. The van der Waals surface area contributed by atoms with Crippen molar-refractivity contribution in [3.63, 3.8) is 0 Å². The molecule has 0 aliphatic heterocycles. The number of hydrogen-bond donors (Lipinski definition) is 1. The highest BCUT2D eigenvalue weighted by Crippen LogP contribution is 2.18. The Morgan fingerprint density at radius 2 is 1.60 bits per heavy atom. The number of carbonyl (C=O) groups excluding carboxylic acids is 1. The molecule has 0 aliphatic rings. The van der Waals surface area contributed by atoms with Crippen molar-refractivity contribution in [2.24, 2.45) is 0 Å². The van der Waals surface area contributed by atoms with Crippen molar-refractivity contribution in [2.45, 2.75) is 0 Å². The normalized spacial score (nSPS) is 10.9. The molecule has 2 aromatic carbocycles. The lowest BCUT2D eigenvalue weighted by molar-refractivity contribution is -0.115. The lowest BCUT2D eigenvalue weighted by Gasteiger charge is -2.08. The first kappa shape index (κ1) is 13.8. The van der Waals surface area contributed by atoms with E-state index in [2.05, 4.69) is 11.9 Å². The van der Waals surface area contributed by atoms with Gasteiger partial charge in [-0.05, 0) is 17.2 Å². The van der Waals surface area contributed by atoms with Crippen LogP contribution >= 0.6 is 0 Å². The maximum absolute atomic E-state index is 12.3. The molecule has 2 aromatic rings. The third-order valence-electron chi connectivity index (χ3n) is 2.85. The molecule has 0 aliphatic carbocycles. The van der Waals surface area contributed by atoms with E-state index in [9.17, 15) is 4.79 Å². The summed E-state index contributed by atoms with van der Waals surface area (Å²) < 4.78 is 0. The summed E-state index contributed by atoms with van der Waals surface area (Å²) in [6.07, 6.45) is 3.57. The van der Waals surface area contributed by atoms with Crippen LogP contribution < -0.4 is 5.32 Å². The van der Waals surface area contributed by atoms with E-state index >= 15 is 0 Å². The molecule has 100 valence electrons. The minimum absolute atomic E-state index is 0.0973. The predicted octanol–water partition coefficient (Wildman–Crippen LogP) is 3.53. The standard InChI is InChI=1S/C18H17NO/c1-2-13-19-18(20)17(16-11-7-4-8-12-16)14-15-9-5-3-6-10-15/h2-12,14H,1,13H2,(H,19,20). The van der Waals surface area contributed by atoms with Crippen molar-refractivity contribution in [3.05, 3.63) is 84.4 Å². The first-order valence-corrected chi connectivity index (χ1v) is 6.52. The molecule has 0 atom stereocenters. The van der Waals surface area contributed by atoms with Gasteiger partial charge in [-0.3, -0.25) is 4.79 Å². The molecule has 20 heavy (non-hydrogen) atoms. The maximum atomic E-state index is 12.3. The van der Waals surface area contributed by atoms with Crippen molar-refractivity contribution in [2.75, 3.05) is 6.54 Å². The number of carbonyl (C=O) groups is 1. The molecule has 0 unspecified atom stereocenters. The largest absolute Gasteiger partial charge is 0.349 e. The summed E-state index contributed by atoms with van der Waals surface area (Å²) in [5, 5.41) is 2.83. The van der Waals surface area contributed by atoms with Crippen LogP contribution in [0, 0.1) is 0 Å². The molecule has 0 fully saturated rings. The van der Waals surface area contributed by atoms with Crippen LogP contribution in [0.1, 0.15) is 11.1 Å². The summed E-state index contributed by atoms with van der Waals surface area (Å²) in [5.74, 6) is -0.0973. The van der Waals surface area contributed by atoms with Gasteiger partial charge in [-0.15, -0.1) is 6.58 Å². The minimum atomic E-state index is -0.0973. The second-order valence-electron chi connectivity index (χ2n) is 4.33. The molecule has 0 saturated heterocycles. The van der Waals surface area contributed by atoms with Crippen LogP contribution in [-0.2, 0) is 4.79 Å². The summed E-state index contributed by atoms with van der Waals surface area (Å²) in [6, 6.07) is 19.5. The molecule has 0 heterocycles. The Bertz CT molecular complexity index is 600. The van der Waals surface area contributed by atoms with E-state index in [-0.39, 0.29) is 5.91 Å². The van der Waals surface area contributed by atoms with E-state index in [4.69, 9.17) is 0 Å². The molecule has 0 saturated carbocycles. The fraction of sp³-hybridized carbons (Fsp3) is 0.0556. The highest BCUT2D eigenvalue weighted by molar-refractivity contribution is 6.24. The first-order chi connectivity index (χ1) is 9.81. The second-order valence-corrected chi connectivity index (χ2v) is 4.33. The molecular weight excluding hydrogens is 246 g/mol. The monoisotopic (exact) mass is 263 g/mol. The van der Waals surface area contributed by atoms with Crippen molar-refractivity contribution in [1.82, 2.24) is 5.32 Å². The highest BCUT2D eigenvalue weighted by Gasteiger charge is 2.10. The molecule has 0 spiro atoms.